The molecule has 1 saturated carbocycles. The van der Waals surface area contributed by atoms with E-state index in [-0.39, 0.29) is 18.0 Å². The Balaban J connectivity index is 2.18. The van der Waals surface area contributed by atoms with Crippen LogP contribution in [0.1, 0.15) is 19.8 Å². The number of carbonyl (C=O) groups is 1. The molecular formula is C10H16N2O. The van der Waals surface area contributed by atoms with Crippen LogP contribution in [0.5, 0.6) is 0 Å². The Bertz CT molecular complexity index is 227. The van der Waals surface area contributed by atoms with Crippen LogP contribution in [-0.2, 0) is 4.79 Å². The third-order valence-electron chi connectivity index (χ3n) is 2.07. The molecule has 0 saturated heterocycles. The summed E-state index contributed by atoms with van der Waals surface area (Å²) >= 11 is 0. The summed E-state index contributed by atoms with van der Waals surface area (Å²) in [5.74, 6) is -0.0324. The molecule has 0 atom stereocenters. The van der Waals surface area contributed by atoms with E-state index in [1.165, 1.54) is 6.08 Å². The van der Waals surface area contributed by atoms with Crippen molar-refractivity contribution in [2.75, 3.05) is 0 Å². The molecule has 3 N–H and O–H groups in total. The Labute approximate surface area is 78.7 Å². The van der Waals surface area contributed by atoms with Gasteiger partial charge >= 0.3 is 0 Å². The zero-order chi connectivity index (χ0) is 9.68. The first-order valence-electron chi connectivity index (χ1n) is 4.58. The van der Waals surface area contributed by atoms with Crippen molar-refractivity contribution < 1.29 is 4.79 Å². The molecule has 1 fully saturated rings. The maximum Gasteiger partial charge on any atom is 0.244 e. The average molecular weight is 180 g/mol. The van der Waals surface area contributed by atoms with Crippen molar-refractivity contribution in [3.05, 3.63) is 24.3 Å². The number of nitrogens with two attached hydrogens (primary N) is 1. The van der Waals surface area contributed by atoms with Crippen LogP contribution in [-0.4, -0.2) is 18.0 Å². The van der Waals surface area contributed by atoms with Crippen LogP contribution in [0.25, 0.3) is 0 Å². The van der Waals surface area contributed by atoms with Crippen molar-refractivity contribution in [3.63, 3.8) is 0 Å². The van der Waals surface area contributed by atoms with Gasteiger partial charge in [0.2, 0.25) is 5.91 Å². The Morgan fingerprint density at radius 1 is 1.46 bits per heavy atom. The van der Waals surface area contributed by atoms with E-state index in [0.717, 1.165) is 12.8 Å². The highest BCUT2D eigenvalue weighted by atomic mass is 16.1. The van der Waals surface area contributed by atoms with Gasteiger partial charge in [-0.25, -0.2) is 0 Å². The molecule has 3 nitrogen and oxygen atoms in total. The van der Waals surface area contributed by atoms with Crippen molar-refractivity contribution in [1.82, 2.24) is 5.32 Å². The Morgan fingerprint density at radius 3 is 2.69 bits per heavy atom. The van der Waals surface area contributed by atoms with Crippen LogP contribution in [0.15, 0.2) is 24.3 Å². The minimum absolute atomic E-state index is 0.0324. The monoisotopic (exact) mass is 180 g/mol. The van der Waals surface area contributed by atoms with Crippen LogP contribution in [0, 0.1) is 0 Å². The normalized spacial score (nSPS) is 27.8. The fourth-order valence-electron chi connectivity index (χ4n) is 1.28. The first-order valence-corrected chi connectivity index (χ1v) is 4.58. The van der Waals surface area contributed by atoms with Gasteiger partial charge < -0.3 is 11.1 Å². The van der Waals surface area contributed by atoms with Gasteiger partial charge in [-0.3, -0.25) is 4.79 Å². The lowest BCUT2D eigenvalue weighted by Gasteiger charge is -2.32. The number of hydrogen-bond donors (Lipinski definition) is 2. The van der Waals surface area contributed by atoms with Gasteiger partial charge in [-0.05, 0) is 19.8 Å². The summed E-state index contributed by atoms with van der Waals surface area (Å²) in [6, 6.07) is 0.572. The van der Waals surface area contributed by atoms with Crippen molar-refractivity contribution >= 4 is 5.91 Å². The molecular weight excluding hydrogens is 164 g/mol. The van der Waals surface area contributed by atoms with E-state index in [2.05, 4.69) is 5.32 Å². The number of hydrogen-bond acceptors (Lipinski definition) is 2. The van der Waals surface area contributed by atoms with E-state index in [0.29, 0.717) is 0 Å². The predicted molar refractivity (Wildman–Crippen MR) is 53.1 cm³/mol. The fraction of sp³-hybridized carbons (Fsp3) is 0.500. The lowest BCUT2D eigenvalue weighted by atomic mass is 9.88. The first kappa shape index (κ1) is 9.99. The van der Waals surface area contributed by atoms with Gasteiger partial charge in [0.25, 0.3) is 0 Å². The second kappa shape index (κ2) is 4.82. The first-order chi connectivity index (χ1) is 6.22. The van der Waals surface area contributed by atoms with Crippen LogP contribution in [0.2, 0.25) is 0 Å². The van der Waals surface area contributed by atoms with Crippen LogP contribution < -0.4 is 11.1 Å². The SMILES string of the molecule is C/C=C/C=C/C(=O)NC1CC(N)C1. The average Bonchev–Trinajstić information content (AvgIpc) is 2.02. The molecule has 1 amide bonds. The second-order valence-electron chi connectivity index (χ2n) is 3.32. The minimum Gasteiger partial charge on any atom is -0.350 e. The van der Waals surface area contributed by atoms with Gasteiger partial charge in [-0.15, -0.1) is 0 Å². The fourth-order valence-corrected chi connectivity index (χ4v) is 1.28. The molecule has 0 spiro atoms. The zero-order valence-corrected chi connectivity index (χ0v) is 7.86. The topological polar surface area (TPSA) is 55.1 Å². The second-order valence-corrected chi connectivity index (χ2v) is 3.32. The van der Waals surface area contributed by atoms with Crippen molar-refractivity contribution in [2.45, 2.75) is 31.8 Å². The largest absolute Gasteiger partial charge is 0.350 e. The smallest absolute Gasteiger partial charge is 0.244 e. The molecule has 0 aliphatic heterocycles. The molecule has 0 aromatic carbocycles. The molecule has 0 aromatic rings. The number of carbonyl (C=O) groups excluding carboxylic acids is 1. The maximum absolute atomic E-state index is 11.2. The predicted octanol–water partition coefficient (Wildman–Crippen LogP) is 0.725. The molecule has 3 heteroatoms. The summed E-state index contributed by atoms with van der Waals surface area (Å²) in [6.07, 6.45) is 8.78. The van der Waals surface area contributed by atoms with E-state index < -0.39 is 0 Å². The summed E-state index contributed by atoms with van der Waals surface area (Å²) in [6.45, 7) is 1.91. The van der Waals surface area contributed by atoms with E-state index in [1.807, 2.05) is 19.1 Å². The van der Waals surface area contributed by atoms with Crippen molar-refractivity contribution in [3.8, 4) is 0 Å². The highest BCUT2D eigenvalue weighted by Crippen LogP contribution is 2.16. The number of rotatable bonds is 3. The molecule has 1 aliphatic carbocycles. The van der Waals surface area contributed by atoms with Crippen molar-refractivity contribution in [1.29, 1.82) is 0 Å². The number of amides is 1. The Hall–Kier alpha value is -1.09. The summed E-state index contributed by atoms with van der Waals surface area (Å²) in [5, 5.41) is 2.87. The van der Waals surface area contributed by atoms with Crippen molar-refractivity contribution in [2.24, 2.45) is 5.73 Å². The number of nitrogens with one attached hydrogen (secondary N) is 1. The van der Waals surface area contributed by atoms with Gasteiger partial charge in [0.15, 0.2) is 0 Å². The van der Waals surface area contributed by atoms with Crippen LogP contribution in [0.4, 0.5) is 0 Å². The summed E-state index contributed by atoms with van der Waals surface area (Å²) < 4.78 is 0. The van der Waals surface area contributed by atoms with E-state index in [9.17, 15) is 4.79 Å². The zero-order valence-electron chi connectivity index (χ0n) is 7.86. The lowest BCUT2D eigenvalue weighted by molar-refractivity contribution is -0.117. The summed E-state index contributed by atoms with van der Waals surface area (Å²) in [5.41, 5.74) is 5.59. The molecule has 72 valence electrons. The third-order valence-corrected chi connectivity index (χ3v) is 2.07. The molecule has 1 aliphatic rings. The minimum atomic E-state index is -0.0324. The molecule has 0 aromatic heterocycles. The van der Waals surface area contributed by atoms with E-state index >= 15 is 0 Å². The van der Waals surface area contributed by atoms with E-state index in [4.69, 9.17) is 5.73 Å². The highest BCUT2D eigenvalue weighted by Gasteiger charge is 2.26. The Kier molecular flexibility index (Phi) is 3.71. The third kappa shape index (κ3) is 3.42. The highest BCUT2D eigenvalue weighted by molar-refractivity contribution is 5.88. The van der Waals surface area contributed by atoms with Gasteiger partial charge in [-0.1, -0.05) is 18.2 Å². The molecule has 0 bridgehead atoms. The quantitative estimate of drug-likeness (QED) is 0.497. The Morgan fingerprint density at radius 2 is 2.15 bits per heavy atom. The van der Waals surface area contributed by atoms with Gasteiger partial charge in [-0.2, -0.15) is 0 Å². The van der Waals surface area contributed by atoms with Gasteiger partial charge in [0, 0.05) is 18.2 Å². The molecule has 0 radical (unpaired) electrons. The van der Waals surface area contributed by atoms with Crippen LogP contribution >= 0.6 is 0 Å². The van der Waals surface area contributed by atoms with Gasteiger partial charge in [0.05, 0.1) is 0 Å². The molecule has 0 unspecified atom stereocenters. The van der Waals surface area contributed by atoms with E-state index in [1.54, 1.807) is 6.08 Å². The molecule has 1 rings (SSSR count). The maximum atomic E-state index is 11.2. The molecule has 0 heterocycles. The number of allylic oxidation sites excluding steroid dienone is 3. The van der Waals surface area contributed by atoms with Crippen LogP contribution in [0.3, 0.4) is 0 Å². The summed E-state index contributed by atoms with van der Waals surface area (Å²) in [7, 11) is 0. The standard InChI is InChI=1S/C10H16N2O/c1-2-3-4-5-10(13)12-9-6-8(11)7-9/h2-5,8-9H,6-7,11H2,1H3,(H,12,13)/b3-2+,5-4+. The lowest BCUT2D eigenvalue weighted by Crippen LogP contribution is -2.49. The molecule has 13 heavy (non-hydrogen) atoms. The summed E-state index contributed by atoms with van der Waals surface area (Å²) in [4.78, 5) is 11.2. The van der Waals surface area contributed by atoms with Gasteiger partial charge in [0.1, 0.15) is 0 Å².